The smallest absolute Gasteiger partial charge is 0.255 e. The van der Waals surface area contributed by atoms with Crippen LogP contribution < -0.4 is 14.8 Å². The quantitative estimate of drug-likeness (QED) is 0.558. The normalized spacial score (nSPS) is 10.5. The van der Waals surface area contributed by atoms with E-state index in [1.807, 2.05) is 38.1 Å². The molecule has 0 fully saturated rings. The maximum absolute atomic E-state index is 12.4. The van der Waals surface area contributed by atoms with Gasteiger partial charge in [0.1, 0.15) is 0 Å². The van der Waals surface area contributed by atoms with Crippen molar-refractivity contribution >= 4 is 23.2 Å². The summed E-state index contributed by atoms with van der Waals surface area (Å²) in [7, 11) is 3.29. The molecule has 0 spiro atoms. The maximum Gasteiger partial charge on any atom is 0.255 e. The van der Waals surface area contributed by atoms with Crippen LogP contribution in [0.2, 0.25) is 5.02 Å². The van der Waals surface area contributed by atoms with Crippen molar-refractivity contribution in [3.63, 3.8) is 0 Å². The van der Waals surface area contributed by atoms with Crippen molar-refractivity contribution in [1.82, 2.24) is 0 Å². The number of nitrogens with one attached hydrogen (secondary N) is 1. The van der Waals surface area contributed by atoms with Gasteiger partial charge < -0.3 is 14.8 Å². The molecule has 1 amide bonds. The molecular weight excluding hydrogens is 386 g/mol. The Morgan fingerprint density at radius 3 is 2.41 bits per heavy atom. The van der Waals surface area contributed by atoms with Gasteiger partial charge in [0, 0.05) is 28.3 Å². The molecule has 0 saturated heterocycles. The summed E-state index contributed by atoms with van der Waals surface area (Å²) in [6, 6.07) is 16.9. The summed E-state index contributed by atoms with van der Waals surface area (Å²) >= 11 is 5.97. The number of rotatable bonds is 6. The Labute approximate surface area is 176 Å². The standard InChI is InChI=1S/C24H24ClNO3/c1-15-10-19(23(29-4)22(11-15)28-3)13-17-8-9-21(12-16(17)2)26-24(27)18-6-5-7-20(25)14-18/h5-12,14H,13H2,1-4H3,(H,26,27). The predicted octanol–water partition coefficient (Wildman–Crippen LogP) is 5.82. The molecule has 150 valence electrons. The molecule has 3 aromatic carbocycles. The minimum atomic E-state index is -0.190. The lowest BCUT2D eigenvalue weighted by Crippen LogP contribution is -2.12. The number of carbonyl (C=O) groups excluding carboxylic acids is 1. The van der Waals surface area contributed by atoms with Crippen molar-refractivity contribution in [2.75, 3.05) is 19.5 Å². The molecular formula is C24H24ClNO3. The number of hydrogen-bond acceptors (Lipinski definition) is 3. The van der Waals surface area contributed by atoms with Crippen LogP contribution in [0, 0.1) is 13.8 Å². The van der Waals surface area contributed by atoms with Gasteiger partial charge in [0.05, 0.1) is 14.2 Å². The van der Waals surface area contributed by atoms with Gasteiger partial charge in [-0.1, -0.05) is 29.8 Å². The van der Waals surface area contributed by atoms with Crippen LogP contribution in [0.3, 0.4) is 0 Å². The number of aryl methyl sites for hydroxylation is 2. The van der Waals surface area contributed by atoms with Gasteiger partial charge in [-0.25, -0.2) is 0 Å². The van der Waals surface area contributed by atoms with Gasteiger partial charge in [-0.2, -0.15) is 0 Å². The Balaban J connectivity index is 1.82. The van der Waals surface area contributed by atoms with Gasteiger partial charge >= 0.3 is 0 Å². The van der Waals surface area contributed by atoms with E-state index >= 15 is 0 Å². The Morgan fingerprint density at radius 1 is 0.966 bits per heavy atom. The Bertz CT molecular complexity index is 1050. The van der Waals surface area contributed by atoms with Crippen molar-refractivity contribution < 1.29 is 14.3 Å². The van der Waals surface area contributed by atoms with Crippen LogP contribution in [0.5, 0.6) is 11.5 Å². The van der Waals surface area contributed by atoms with Gasteiger partial charge in [-0.05, 0) is 66.9 Å². The summed E-state index contributed by atoms with van der Waals surface area (Å²) < 4.78 is 11.0. The zero-order chi connectivity index (χ0) is 21.0. The average molecular weight is 410 g/mol. The van der Waals surface area contributed by atoms with Crippen molar-refractivity contribution in [2.24, 2.45) is 0 Å². The van der Waals surface area contributed by atoms with Crippen LogP contribution in [0.25, 0.3) is 0 Å². The van der Waals surface area contributed by atoms with E-state index in [-0.39, 0.29) is 5.91 Å². The first-order chi connectivity index (χ1) is 13.9. The van der Waals surface area contributed by atoms with E-state index in [1.165, 1.54) is 0 Å². The van der Waals surface area contributed by atoms with Gasteiger partial charge in [0.15, 0.2) is 11.5 Å². The lowest BCUT2D eigenvalue weighted by Gasteiger charge is -2.16. The number of halogens is 1. The van der Waals surface area contributed by atoms with Crippen molar-refractivity contribution in [3.05, 3.63) is 87.4 Å². The van der Waals surface area contributed by atoms with E-state index in [0.29, 0.717) is 17.0 Å². The lowest BCUT2D eigenvalue weighted by molar-refractivity contribution is 0.102. The molecule has 0 heterocycles. The third-order valence-electron chi connectivity index (χ3n) is 4.77. The molecule has 0 aliphatic carbocycles. The molecule has 0 radical (unpaired) electrons. The van der Waals surface area contributed by atoms with E-state index in [0.717, 1.165) is 39.4 Å². The van der Waals surface area contributed by atoms with Crippen molar-refractivity contribution in [3.8, 4) is 11.5 Å². The molecule has 3 rings (SSSR count). The second-order valence-electron chi connectivity index (χ2n) is 6.94. The highest BCUT2D eigenvalue weighted by atomic mass is 35.5. The molecule has 4 nitrogen and oxygen atoms in total. The lowest BCUT2D eigenvalue weighted by atomic mass is 9.97. The highest BCUT2D eigenvalue weighted by Crippen LogP contribution is 2.34. The molecule has 3 aromatic rings. The molecule has 0 bridgehead atoms. The highest BCUT2D eigenvalue weighted by Gasteiger charge is 2.13. The monoisotopic (exact) mass is 409 g/mol. The predicted molar refractivity (Wildman–Crippen MR) is 118 cm³/mol. The Morgan fingerprint density at radius 2 is 1.76 bits per heavy atom. The molecule has 0 aliphatic rings. The molecule has 0 aliphatic heterocycles. The van der Waals surface area contributed by atoms with Crippen LogP contribution in [-0.4, -0.2) is 20.1 Å². The molecule has 0 atom stereocenters. The largest absolute Gasteiger partial charge is 0.493 e. The SMILES string of the molecule is COc1cc(C)cc(Cc2ccc(NC(=O)c3cccc(Cl)c3)cc2C)c1OC. The first kappa shape index (κ1) is 20.7. The summed E-state index contributed by atoms with van der Waals surface area (Å²) in [5.41, 5.74) is 5.66. The number of amides is 1. The second kappa shape index (κ2) is 9.01. The second-order valence-corrected chi connectivity index (χ2v) is 7.38. The van der Waals surface area contributed by atoms with Gasteiger partial charge in [0.2, 0.25) is 0 Å². The number of ether oxygens (including phenoxy) is 2. The fourth-order valence-corrected chi connectivity index (χ4v) is 3.53. The molecule has 29 heavy (non-hydrogen) atoms. The fraction of sp³-hybridized carbons (Fsp3) is 0.208. The topological polar surface area (TPSA) is 47.6 Å². The summed E-state index contributed by atoms with van der Waals surface area (Å²) in [5, 5.41) is 3.46. The summed E-state index contributed by atoms with van der Waals surface area (Å²) in [6.45, 7) is 4.07. The maximum atomic E-state index is 12.4. The van der Waals surface area contributed by atoms with Crippen LogP contribution in [-0.2, 0) is 6.42 Å². The zero-order valence-corrected chi connectivity index (χ0v) is 17.8. The first-order valence-corrected chi connectivity index (χ1v) is 9.67. The van der Waals surface area contributed by atoms with Crippen LogP contribution in [0.4, 0.5) is 5.69 Å². The molecule has 1 N–H and O–H groups in total. The number of anilines is 1. The molecule has 0 aromatic heterocycles. The third-order valence-corrected chi connectivity index (χ3v) is 5.00. The number of methoxy groups -OCH3 is 2. The summed E-state index contributed by atoms with van der Waals surface area (Å²) in [5.74, 6) is 1.28. The van der Waals surface area contributed by atoms with Crippen LogP contribution in [0.15, 0.2) is 54.6 Å². The summed E-state index contributed by atoms with van der Waals surface area (Å²) in [6.07, 6.45) is 0.704. The van der Waals surface area contributed by atoms with Gasteiger partial charge in [-0.3, -0.25) is 4.79 Å². The average Bonchev–Trinajstić information content (AvgIpc) is 2.69. The van der Waals surface area contributed by atoms with Gasteiger partial charge in [0.25, 0.3) is 5.91 Å². The number of hydrogen-bond donors (Lipinski definition) is 1. The molecule has 5 heteroatoms. The zero-order valence-electron chi connectivity index (χ0n) is 17.0. The van der Waals surface area contributed by atoms with Crippen LogP contribution >= 0.6 is 11.6 Å². The van der Waals surface area contributed by atoms with Crippen molar-refractivity contribution in [2.45, 2.75) is 20.3 Å². The summed E-state index contributed by atoms with van der Waals surface area (Å²) in [4.78, 5) is 12.4. The van der Waals surface area contributed by atoms with E-state index in [9.17, 15) is 4.79 Å². The first-order valence-electron chi connectivity index (χ1n) is 9.29. The fourth-order valence-electron chi connectivity index (χ4n) is 3.34. The minimum absolute atomic E-state index is 0.190. The Kier molecular flexibility index (Phi) is 6.45. The van der Waals surface area contributed by atoms with Crippen LogP contribution in [0.1, 0.15) is 32.6 Å². The number of carbonyl (C=O) groups is 1. The van der Waals surface area contributed by atoms with E-state index in [1.54, 1.807) is 38.5 Å². The van der Waals surface area contributed by atoms with E-state index < -0.39 is 0 Å². The number of benzene rings is 3. The van der Waals surface area contributed by atoms with E-state index in [2.05, 4.69) is 11.4 Å². The van der Waals surface area contributed by atoms with E-state index in [4.69, 9.17) is 21.1 Å². The molecule has 0 unspecified atom stereocenters. The molecule has 0 saturated carbocycles. The minimum Gasteiger partial charge on any atom is -0.493 e. The third kappa shape index (κ3) is 4.90. The van der Waals surface area contributed by atoms with Gasteiger partial charge in [-0.15, -0.1) is 0 Å². The highest BCUT2D eigenvalue weighted by molar-refractivity contribution is 6.31. The Hall–Kier alpha value is -2.98. The van der Waals surface area contributed by atoms with Crippen molar-refractivity contribution in [1.29, 1.82) is 0 Å².